The normalized spacial score (nSPS) is 15.4. The van der Waals surface area contributed by atoms with Crippen LogP contribution < -0.4 is 23.8 Å². The topological polar surface area (TPSA) is 118 Å². The van der Waals surface area contributed by atoms with E-state index in [1.807, 2.05) is 97.1 Å². The van der Waals surface area contributed by atoms with Crippen molar-refractivity contribution in [2.75, 3.05) is 4.90 Å². The highest BCUT2D eigenvalue weighted by atomic mass is 16.6. The fourth-order valence-corrected chi connectivity index (χ4v) is 10.5. The van der Waals surface area contributed by atoms with Gasteiger partial charge in [0.1, 0.15) is 46.0 Å². The Kier molecular flexibility index (Phi) is 10.3. The number of allylic oxidation sites excluding steroid dienone is 4. The summed E-state index contributed by atoms with van der Waals surface area (Å²) in [5.74, 6) is 0.0994. The first-order valence-electron chi connectivity index (χ1n) is 23.8. The summed E-state index contributed by atoms with van der Waals surface area (Å²) < 4.78 is 33.4. The number of hydrogen-bond donors (Lipinski definition) is 0. The van der Waals surface area contributed by atoms with Gasteiger partial charge in [-0.25, -0.2) is 14.5 Å². The summed E-state index contributed by atoms with van der Waals surface area (Å²) in [5, 5.41) is 3.34. The van der Waals surface area contributed by atoms with Gasteiger partial charge in [-0.15, -0.1) is 0 Å². The van der Waals surface area contributed by atoms with E-state index < -0.39 is 23.8 Å². The summed E-state index contributed by atoms with van der Waals surface area (Å²) in [5.41, 5.74) is 2.90. The minimum atomic E-state index is -0.852. The third-order valence-electron chi connectivity index (χ3n) is 13.7. The Hall–Kier alpha value is -8.76. The second kappa shape index (κ2) is 16.7. The van der Waals surface area contributed by atoms with Crippen LogP contribution in [0.25, 0.3) is 43.1 Å². The van der Waals surface area contributed by atoms with Gasteiger partial charge in [0.25, 0.3) is 11.8 Å². The van der Waals surface area contributed by atoms with E-state index in [4.69, 9.17) is 23.7 Å². The Morgan fingerprint density at radius 3 is 1.28 bits per heavy atom. The number of nitrogens with zero attached hydrogens (tertiary/aromatic N) is 1. The molecule has 0 fully saturated rings. The molecule has 2 amide bonds. The molecule has 0 spiro atoms. The summed E-state index contributed by atoms with van der Waals surface area (Å²) in [6, 6.07) is 40.0. The van der Waals surface area contributed by atoms with Crippen LogP contribution in [0.1, 0.15) is 105 Å². The molecule has 10 heteroatoms. The average molecular weight is 936 g/mol. The maximum Gasteiger partial charge on any atom is 0.346 e. The summed E-state index contributed by atoms with van der Waals surface area (Å²) in [6.07, 6.45) is 6.63. The van der Waals surface area contributed by atoms with Gasteiger partial charge >= 0.3 is 11.9 Å². The Balaban J connectivity index is 1.32. The van der Waals surface area contributed by atoms with Crippen molar-refractivity contribution in [3.8, 4) is 40.2 Å². The Morgan fingerprint density at radius 1 is 0.479 bits per heavy atom. The van der Waals surface area contributed by atoms with Crippen molar-refractivity contribution in [2.45, 2.75) is 52.9 Å². The van der Waals surface area contributed by atoms with Crippen molar-refractivity contribution in [3.05, 3.63) is 191 Å². The van der Waals surface area contributed by atoms with Crippen molar-refractivity contribution in [3.63, 3.8) is 0 Å². The third kappa shape index (κ3) is 6.92. The molecule has 2 heterocycles. The van der Waals surface area contributed by atoms with E-state index in [0.717, 1.165) is 11.1 Å². The van der Waals surface area contributed by atoms with Crippen molar-refractivity contribution in [2.24, 2.45) is 5.92 Å². The largest absolute Gasteiger partial charge is 0.461 e. The number of carbonyl (C=O) groups excluding carboxylic acids is 4. The number of anilines is 1. The van der Waals surface area contributed by atoms with Gasteiger partial charge in [-0.2, -0.15) is 0 Å². The molecule has 10 nitrogen and oxygen atoms in total. The second-order valence-corrected chi connectivity index (χ2v) is 18.9. The predicted octanol–water partition coefficient (Wildman–Crippen LogP) is 15.3. The highest BCUT2D eigenvalue weighted by Gasteiger charge is 2.42. The molecule has 0 saturated carbocycles. The molecule has 1 unspecified atom stereocenters. The van der Waals surface area contributed by atoms with Crippen LogP contribution in [0.2, 0.25) is 0 Å². The van der Waals surface area contributed by atoms with Crippen LogP contribution in [-0.2, 0) is 4.74 Å². The first-order chi connectivity index (χ1) is 34.5. The Bertz CT molecular complexity index is 3750. The summed E-state index contributed by atoms with van der Waals surface area (Å²) in [7, 11) is 0. The fraction of sp³-hybridized carbons (Fsp3) is 0.148. The number of benzene rings is 9. The average Bonchev–Trinajstić information content (AvgIpc) is 3.37. The number of esters is 2. The van der Waals surface area contributed by atoms with Gasteiger partial charge < -0.3 is 23.7 Å². The highest BCUT2D eigenvalue weighted by Crippen LogP contribution is 2.58. The van der Waals surface area contributed by atoms with Crippen molar-refractivity contribution >= 4 is 72.5 Å². The number of ether oxygens (including phenoxy) is 5. The second-order valence-electron chi connectivity index (χ2n) is 18.9. The number of amides is 2. The third-order valence-corrected chi connectivity index (χ3v) is 13.7. The minimum Gasteiger partial charge on any atom is -0.461 e. The molecule has 2 aliphatic heterocycles. The molecule has 1 aliphatic carbocycles. The molecule has 71 heavy (non-hydrogen) atoms. The monoisotopic (exact) mass is 935 g/mol. The quantitative estimate of drug-likeness (QED) is 0.0411. The molecule has 9 aromatic rings. The maximum atomic E-state index is 15.9. The number of para-hydroxylation sites is 4. The van der Waals surface area contributed by atoms with E-state index in [1.165, 1.54) is 4.90 Å². The number of fused-ring (bicyclic) bond motifs is 2. The van der Waals surface area contributed by atoms with Crippen LogP contribution in [0.5, 0.6) is 40.2 Å². The summed E-state index contributed by atoms with van der Waals surface area (Å²) in [4.78, 5) is 61.3. The smallest absolute Gasteiger partial charge is 0.346 e. The van der Waals surface area contributed by atoms with E-state index >= 15 is 9.59 Å². The van der Waals surface area contributed by atoms with E-state index in [9.17, 15) is 9.59 Å². The van der Waals surface area contributed by atoms with E-state index in [-0.39, 0.29) is 63.0 Å². The number of hydrogen-bond acceptors (Lipinski definition) is 9. The molecule has 0 aromatic heterocycles. The molecule has 9 aromatic carbocycles. The van der Waals surface area contributed by atoms with Gasteiger partial charge in [-0.1, -0.05) is 120 Å². The van der Waals surface area contributed by atoms with Gasteiger partial charge in [-0.3, -0.25) is 9.59 Å². The lowest BCUT2D eigenvalue weighted by Gasteiger charge is -2.34. The minimum absolute atomic E-state index is 0.0430. The molecule has 348 valence electrons. The Labute approximate surface area is 408 Å². The van der Waals surface area contributed by atoms with Gasteiger partial charge in [0.2, 0.25) is 0 Å². The lowest BCUT2D eigenvalue weighted by molar-refractivity contribution is 0.0390. The zero-order valence-electron chi connectivity index (χ0n) is 39.5. The van der Waals surface area contributed by atoms with Crippen LogP contribution in [0.3, 0.4) is 0 Å². The molecule has 0 bridgehead atoms. The van der Waals surface area contributed by atoms with Gasteiger partial charge in [-0.05, 0) is 96.1 Å². The number of carbonyl (C=O) groups is 4. The maximum absolute atomic E-state index is 15.9. The number of imide groups is 1. The SMILES string of the molecule is CC1CC=CC=C1Oc1cc2c3c(cc(Oc4ccccc4)c4c5c(Oc6ccccc6)cc6c7c(cc(Oc8ccccc8)c(c1c34)c75)C(=O)OC6=O)C(=O)N(c1c(C(C)C)cccc1C(C)C)C2=O. The predicted molar refractivity (Wildman–Crippen MR) is 274 cm³/mol. The summed E-state index contributed by atoms with van der Waals surface area (Å²) in [6.45, 7) is 10.3. The first kappa shape index (κ1) is 43.5. The van der Waals surface area contributed by atoms with Crippen molar-refractivity contribution in [1.29, 1.82) is 0 Å². The van der Waals surface area contributed by atoms with Crippen molar-refractivity contribution < 1.29 is 42.9 Å². The molecule has 0 saturated heterocycles. The molecule has 3 aliphatic rings. The zero-order valence-corrected chi connectivity index (χ0v) is 39.5. The first-order valence-corrected chi connectivity index (χ1v) is 23.8. The van der Waals surface area contributed by atoms with Crippen LogP contribution >= 0.6 is 0 Å². The van der Waals surface area contributed by atoms with Gasteiger partial charge in [0.15, 0.2) is 0 Å². The van der Waals surface area contributed by atoms with Crippen molar-refractivity contribution in [1.82, 2.24) is 0 Å². The van der Waals surface area contributed by atoms with E-state index in [1.54, 1.807) is 48.5 Å². The molecular formula is C61H45NO9. The molecule has 12 rings (SSSR count). The number of rotatable bonds is 11. The fourth-order valence-electron chi connectivity index (χ4n) is 10.5. The van der Waals surface area contributed by atoms with Crippen LogP contribution in [0.4, 0.5) is 5.69 Å². The summed E-state index contributed by atoms with van der Waals surface area (Å²) >= 11 is 0. The number of cyclic esters (lactones) is 2. The van der Waals surface area contributed by atoms with E-state index in [0.29, 0.717) is 78.2 Å². The Morgan fingerprint density at radius 2 is 0.873 bits per heavy atom. The lowest BCUT2D eigenvalue weighted by Crippen LogP contribution is -2.42. The molecule has 0 radical (unpaired) electrons. The molecule has 1 atom stereocenters. The zero-order chi connectivity index (χ0) is 48.8. The van der Waals surface area contributed by atoms with Gasteiger partial charge in [0.05, 0.1) is 27.9 Å². The lowest BCUT2D eigenvalue weighted by atomic mass is 9.80. The molecular weight excluding hydrogens is 891 g/mol. The highest BCUT2D eigenvalue weighted by molar-refractivity contribution is 6.46. The van der Waals surface area contributed by atoms with Gasteiger partial charge in [0, 0.05) is 49.0 Å². The van der Waals surface area contributed by atoms with Crippen LogP contribution in [0.15, 0.2) is 157 Å². The standard InChI is InChI=1S/C61H45NO9/c1-32(2)38-25-17-26-39(33(3)4)57(38)62-58(63)40-28-45(67-35-19-9-6-10-20-35)51-52-46(68-36-21-11-7-12-22-36)30-42-50-43(61(66)71-60(42)65)31-47(69-37-23-13-8-14-24-37)53(56(50)52)54-48(70-44-27-16-15-18-34(44)5)29-41(59(62)64)49(40)55(51)54/h6-17,19-34H,18H2,1-5H3. The van der Waals surface area contributed by atoms with E-state index in [2.05, 4.69) is 40.7 Å². The molecule has 0 N–H and O–H groups in total. The van der Waals surface area contributed by atoms with Crippen LogP contribution in [0, 0.1) is 5.92 Å². The van der Waals surface area contributed by atoms with Crippen LogP contribution in [-0.4, -0.2) is 23.8 Å².